The van der Waals surface area contributed by atoms with E-state index in [9.17, 15) is 4.79 Å². The molecule has 1 aromatic heterocycles. The average molecular weight is 328 g/mol. The SMILES string of the molecule is CCC(C)NC(=O)c1ccc(Nc2ccc(OC(C)C)cc2)nn1. The summed E-state index contributed by atoms with van der Waals surface area (Å²) in [6.45, 7) is 7.94. The molecule has 0 aliphatic carbocycles. The van der Waals surface area contributed by atoms with E-state index in [1.807, 2.05) is 52.0 Å². The Kier molecular flexibility index (Phi) is 6.12. The lowest BCUT2D eigenvalue weighted by Crippen LogP contribution is -2.32. The molecule has 2 aromatic rings. The summed E-state index contributed by atoms with van der Waals surface area (Å²) in [4.78, 5) is 12.0. The summed E-state index contributed by atoms with van der Waals surface area (Å²) in [5.74, 6) is 1.19. The zero-order valence-corrected chi connectivity index (χ0v) is 14.5. The summed E-state index contributed by atoms with van der Waals surface area (Å²) < 4.78 is 5.60. The molecule has 128 valence electrons. The highest BCUT2D eigenvalue weighted by Gasteiger charge is 2.10. The number of benzene rings is 1. The molecule has 0 fully saturated rings. The van der Waals surface area contributed by atoms with Gasteiger partial charge in [0, 0.05) is 11.7 Å². The molecule has 2 N–H and O–H groups in total. The summed E-state index contributed by atoms with van der Waals surface area (Å²) >= 11 is 0. The van der Waals surface area contributed by atoms with Crippen molar-refractivity contribution in [2.24, 2.45) is 0 Å². The molecule has 1 atom stereocenters. The molecule has 0 saturated carbocycles. The smallest absolute Gasteiger partial charge is 0.272 e. The minimum absolute atomic E-state index is 0.115. The second-order valence-electron chi connectivity index (χ2n) is 5.90. The number of nitrogens with zero attached hydrogens (tertiary/aromatic N) is 2. The third-order valence-corrected chi connectivity index (χ3v) is 3.39. The first kappa shape index (κ1) is 17.7. The standard InChI is InChI=1S/C18H24N4O2/c1-5-13(4)19-18(23)16-10-11-17(22-21-16)20-14-6-8-15(9-7-14)24-12(2)3/h6-13H,5H2,1-4H3,(H,19,23)(H,20,22). The van der Waals surface area contributed by atoms with Gasteiger partial charge >= 0.3 is 0 Å². The Balaban J connectivity index is 1.97. The molecule has 0 aliphatic rings. The van der Waals surface area contributed by atoms with Gasteiger partial charge in [0.25, 0.3) is 5.91 Å². The Bertz CT molecular complexity index is 654. The number of carbonyl (C=O) groups is 1. The molecule has 1 unspecified atom stereocenters. The van der Waals surface area contributed by atoms with Crippen LogP contribution in [0.4, 0.5) is 11.5 Å². The van der Waals surface area contributed by atoms with Crippen LogP contribution in [0.25, 0.3) is 0 Å². The zero-order valence-electron chi connectivity index (χ0n) is 14.5. The summed E-state index contributed by atoms with van der Waals surface area (Å²) in [5.41, 5.74) is 1.18. The number of carbonyl (C=O) groups excluding carboxylic acids is 1. The van der Waals surface area contributed by atoms with Crippen molar-refractivity contribution in [1.82, 2.24) is 15.5 Å². The van der Waals surface area contributed by atoms with Gasteiger partial charge in [0.15, 0.2) is 11.5 Å². The summed E-state index contributed by atoms with van der Waals surface area (Å²) in [6.07, 6.45) is 1.01. The van der Waals surface area contributed by atoms with Gasteiger partial charge in [-0.2, -0.15) is 0 Å². The molecule has 6 nitrogen and oxygen atoms in total. The number of anilines is 2. The van der Waals surface area contributed by atoms with Crippen molar-refractivity contribution in [3.8, 4) is 5.75 Å². The Hall–Kier alpha value is -2.63. The molecular weight excluding hydrogens is 304 g/mol. The molecule has 2 rings (SSSR count). The Morgan fingerprint density at radius 2 is 1.79 bits per heavy atom. The van der Waals surface area contributed by atoms with Crippen LogP contribution in [0.1, 0.15) is 44.6 Å². The third kappa shape index (κ3) is 5.22. The van der Waals surface area contributed by atoms with Crippen LogP contribution in [0.15, 0.2) is 36.4 Å². The average Bonchev–Trinajstić information content (AvgIpc) is 2.56. The Morgan fingerprint density at radius 1 is 1.08 bits per heavy atom. The maximum absolute atomic E-state index is 12.0. The molecule has 1 amide bonds. The van der Waals surface area contributed by atoms with Gasteiger partial charge in [0.2, 0.25) is 0 Å². The van der Waals surface area contributed by atoms with Gasteiger partial charge < -0.3 is 15.4 Å². The first-order valence-electron chi connectivity index (χ1n) is 8.16. The number of amides is 1. The Morgan fingerprint density at radius 3 is 2.33 bits per heavy atom. The first-order valence-corrected chi connectivity index (χ1v) is 8.16. The van der Waals surface area contributed by atoms with Crippen molar-refractivity contribution in [3.63, 3.8) is 0 Å². The molecule has 1 heterocycles. The van der Waals surface area contributed by atoms with Crippen molar-refractivity contribution in [2.45, 2.75) is 46.3 Å². The predicted molar refractivity (Wildman–Crippen MR) is 94.7 cm³/mol. The van der Waals surface area contributed by atoms with Crippen molar-refractivity contribution < 1.29 is 9.53 Å². The van der Waals surface area contributed by atoms with Gasteiger partial charge in [0.05, 0.1) is 6.10 Å². The van der Waals surface area contributed by atoms with Crippen LogP contribution in [-0.4, -0.2) is 28.3 Å². The zero-order chi connectivity index (χ0) is 17.5. The van der Waals surface area contributed by atoms with Gasteiger partial charge in [-0.1, -0.05) is 6.92 Å². The molecule has 0 radical (unpaired) electrons. The van der Waals surface area contributed by atoms with Crippen LogP contribution in [0, 0.1) is 0 Å². The largest absolute Gasteiger partial charge is 0.491 e. The number of aromatic nitrogens is 2. The van der Waals surface area contributed by atoms with E-state index in [1.54, 1.807) is 12.1 Å². The summed E-state index contributed by atoms with van der Waals surface area (Å²) in [5, 5.41) is 14.0. The minimum Gasteiger partial charge on any atom is -0.491 e. The van der Waals surface area contributed by atoms with E-state index < -0.39 is 0 Å². The maximum Gasteiger partial charge on any atom is 0.272 e. The van der Waals surface area contributed by atoms with E-state index in [-0.39, 0.29) is 18.1 Å². The van der Waals surface area contributed by atoms with E-state index >= 15 is 0 Å². The molecular formula is C18H24N4O2. The van der Waals surface area contributed by atoms with Crippen LogP contribution in [0.3, 0.4) is 0 Å². The number of hydrogen-bond donors (Lipinski definition) is 2. The van der Waals surface area contributed by atoms with E-state index in [1.165, 1.54) is 0 Å². The van der Waals surface area contributed by atoms with Crippen LogP contribution in [-0.2, 0) is 0 Å². The van der Waals surface area contributed by atoms with E-state index in [2.05, 4.69) is 20.8 Å². The number of hydrogen-bond acceptors (Lipinski definition) is 5. The highest BCUT2D eigenvalue weighted by molar-refractivity contribution is 5.92. The van der Waals surface area contributed by atoms with Crippen LogP contribution in [0.5, 0.6) is 5.75 Å². The number of ether oxygens (including phenoxy) is 1. The van der Waals surface area contributed by atoms with Crippen molar-refractivity contribution in [2.75, 3.05) is 5.32 Å². The normalized spacial score (nSPS) is 11.9. The van der Waals surface area contributed by atoms with Crippen LogP contribution in [0.2, 0.25) is 0 Å². The van der Waals surface area contributed by atoms with Gasteiger partial charge in [-0.25, -0.2) is 0 Å². The maximum atomic E-state index is 12.0. The van der Waals surface area contributed by atoms with Gasteiger partial charge in [-0.3, -0.25) is 4.79 Å². The molecule has 24 heavy (non-hydrogen) atoms. The fourth-order valence-corrected chi connectivity index (χ4v) is 1.96. The molecule has 0 bridgehead atoms. The topological polar surface area (TPSA) is 76.1 Å². The summed E-state index contributed by atoms with van der Waals surface area (Å²) in [7, 11) is 0. The first-order chi connectivity index (χ1) is 11.5. The fraction of sp³-hybridized carbons (Fsp3) is 0.389. The molecule has 1 aromatic carbocycles. The quantitative estimate of drug-likeness (QED) is 0.813. The van der Waals surface area contributed by atoms with Gasteiger partial charge in [-0.15, -0.1) is 10.2 Å². The molecule has 0 spiro atoms. The second kappa shape index (κ2) is 8.29. The van der Waals surface area contributed by atoms with Crippen molar-refractivity contribution in [3.05, 3.63) is 42.1 Å². The van der Waals surface area contributed by atoms with Crippen molar-refractivity contribution in [1.29, 1.82) is 0 Å². The van der Waals surface area contributed by atoms with Crippen LogP contribution >= 0.6 is 0 Å². The minimum atomic E-state index is -0.210. The van der Waals surface area contributed by atoms with Crippen molar-refractivity contribution >= 4 is 17.4 Å². The second-order valence-corrected chi connectivity index (χ2v) is 5.90. The van der Waals surface area contributed by atoms with E-state index in [0.29, 0.717) is 11.5 Å². The lowest BCUT2D eigenvalue weighted by Gasteiger charge is -2.11. The molecule has 0 saturated heterocycles. The van der Waals surface area contributed by atoms with E-state index in [0.717, 1.165) is 17.9 Å². The lowest BCUT2D eigenvalue weighted by molar-refractivity contribution is 0.0933. The number of nitrogens with one attached hydrogen (secondary N) is 2. The predicted octanol–water partition coefficient (Wildman–Crippen LogP) is 3.54. The van der Waals surface area contributed by atoms with Gasteiger partial charge in [-0.05, 0) is 63.6 Å². The molecule has 6 heteroatoms. The third-order valence-electron chi connectivity index (χ3n) is 3.39. The monoisotopic (exact) mass is 328 g/mol. The Labute approximate surface area is 142 Å². The lowest BCUT2D eigenvalue weighted by atomic mass is 10.2. The highest BCUT2D eigenvalue weighted by Crippen LogP contribution is 2.19. The van der Waals surface area contributed by atoms with Crippen LogP contribution < -0.4 is 15.4 Å². The highest BCUT2D eigenvalue weighted by atomic mass is 16.5. The fourth-order valence-electron chi connectivity index (χ4n) is 1.96. The number of rotatable bonds is 7. The van der Waals surface area contributed by atoms with E-state index in [4.69, 9.17) is 4.74 Å². The molecule has 0 aliphatic heterocycles. The van der Waals surface area contributed by atoms with Gasteiger partial charge in [0.1, 0.15) is 5.75 Å². The summed E-state index contributed by atoms with van der Waals surface area (Å²) in [6, 6.07) is 11.1.